The summed E-state index contributed by atoms with van der Waals surface area (Å²) in [6.07, 6.45) is -17.1. The third kappa shape index (κ3) is 3.20. The van der Waals surface area contributed by atoms with E-state index in [0.717, 1.165) is 0 Å². The minimum Gasteiger partial charge on any atom is -0.361 e. The van der Waals surface area contributed by atoms with Crippen LogP contribution in [0.5, 0.6) is 0 Å². The highest BCUT2D eigenvalue weighted by atomic mass is 19.4. The third-order valence-corrected chi connectivity index (χ3v) is 3.65. The maximum Gasteiger partial charge on any atom is 0.448 e. The van der Waals surface area contributed by atoms with E-state index in [4.69, 9.17) is 0 Å². The van der Waals surface area contributed by atoms with E-state index < -0.39 is 61.1 Å². The molecule has 1 fully saturated rings. The van der Waals surface area contributed by atoms with Gasteiger partial charge in [0.25, 0.3) is 0 Å². The van der Waals surface area contributed by atoms with Gasteiger partial charge in [0.15, 0.2) is 0 Å². The van der Waals surface area contributed by atoms with Crippen LogP contribution in [0.1, 0.15) is 12.8 Å². The number of alkyl halides is 9. The standard InChI is InChI=1S/C10H9F9N2/c11-8(12,13)3-1-4(9(14,15)16)6-5(2-3)20-7(21-6)10(17,18)19/h3-6H,1-2H2,(H,20,21). The van der Waals surface area contributed by atoms with Crippen LogP contribution < -0.4 is 5.32 Å². The average molecular weight is 328 g/mol. The molecule has 0 saturated heterocycles. The average Bonchev–Trinajstić information content (AvgIpc) is 2.67. The number of hydrogen-bond donors (Lipinski definition) is 1. The van der Waals surface area contributed by atoms with Crippen LogP contribution in [0.2, 0.25) is 0 Å². The fourth-order valence-corrected chi connectivity index (χ4v) is 2.70. The summed E-state index contributed by atoms with van der Waals surface area (Å²) in [5, 5.41) is 1.66. The predicted molar refractivity (Wildman–Crippen MR) is 52.5 cm³/mol. The molecule has 0 amide bonds. The van der Waals surface area contributed by atoms with Gasteiger partial charge in [0, 0.05) is 0 Å². The Morgan fingerprint density at radius 1 is 0.857 bits per heavy atom. The smallest absolute Gasteiger partial charge is 0.361 e. The molecule has 11 heteroatoms. The van der Waals surface area contributed by atoms with Crippen LogP contribution in [0.4, 0.5) is 39.5 Å². The van der Waals surface area contributed by atoms with E-state index in [2.05, 4.69) is 4.99 Å². The lowest BCUT2D eigenvalue weighted by atomic mass is 9.75. The summed E-state index contributed by atoms with van der Waals surface area (Å²) in [7, 11) is 0. The Balaban J connectivity index is 2.31. The second kappa shape index (κ2) is 4.67. The summed E-state index contributed by atoms with van der Waals surface area (Å²) in [4.78, 5) is 2.94. The fourth-order valence-electron chi connectivity index (χ4n) is 2.70. The molecule has 2 aliphatic rings. The summed E-state index contributed by atoms with van der Waals surface area (Å²) in [5.74, 6) is -6.49. The first-order valence-electron chi connectivity index (χ1n) is 5.85. The van der Waals surface area contributed by atoms with Crippen molar-refractivity contribution in [2.75, 3.05) is 0 Å². The van der Waals surface area contributed by atoms with Crippen molar-refractivity contribution in [1.29, 1.82) is 0 Å². The quantitative estimate of drug-likeness (QED) is 0.677. The Morgan fingerprint density at radius 2 is 1.43 bits per heavy atom. The predicted octanol–water partition coefficient (Wildman–Crippen LogP) is 3.44. The van der Waals surface area contributed by atoms with Crippen LogP contribution in [0.15, 0.2) is 4.99 Å². The number of rotatable bonds is 0. The molecule has 21 heavy (non-hydrogen) atoms. The van der Waals surface area contributed by atoms with Gasteiger partial charge in [0.1, 0.15) is 0 Å². The van der Waals surface area contributed by atoms with Gasteiger partial charge in [-0.2, -0.15) is 39.5 Å². The zero-order chi connectivity index (χ0) is 16.2. The Kier molecular flexibility index (Phi) is 3.60. The van der Waals surface area contributed by atoms with Crippen molar-refractivity contribution in [3.8, 4) is 0 Å². The number of hydrogen-bond acceptors (Lipinski definition) is 2. The molecule has 0 spiro atoms. The fraction of sp³-hybridized carbons (Fsp3) is 0.900. The topological polar surface area (TPSA) is 24.4 Å². The van der Waals surface area contributed by atoms with E-state index in [1.54, 1.807) is 5.32 Å². The van der Waals surface area contributed by atoms with Crippen molar-refractivity contribution in [1.82, 2.24) is 5.32 Å². The Labute approximate surface area is 112 Å². The van der Waals surface area contributed by atoms with Gasteiger partial charge in [0.2, 0.25) is 5.84 Å². The van der Waals surface area contributed by atoms with Crippen LogP contribution in [0, 0.1) is 11.8 Å². The molecule has 2 nitrogen and oxygen atoms in total. The van der Waals surface area contributed by atoms with Gasteiger partial charge in [-0.1, -0.05) is 0 Å². The lowest BCUT2D eigenvalue weighted by molar-refractivity contribution is -0.227. The number of aliphatic imine (C=N–C) groups is 1. The molecule has 4 unspecified atom stereocenters. The second-order valence-electron chi connectivity index (χ2n) is 5.07. The molecule has 1 aliphatic heterocycles. The van der Waals surface area contributed by atoms with Gasteiger partial charge in [-0.05, 0) is 12.8 Å². The van der Waals surface area contributed by atoms with Crippen LogP contribution in [-0.4, -0.2) is 36.4 Å². The number of nitrogens with one attached hydrogen (secondary N) is 1. The summed E-state index contributed by atoms with van der Waals surface area (Å²) in [6, 6.07) is -3.49. The van der Waals surface area contributed by atoms with Crippen LogP contribution in [-0.2, 0) is 0 Å². The van der Waals surface area contributed by atoms with E-state index in [-0.39, 0.29) is 0 Å². The molecule has 1 aliphatic carbocycles. The maximum atomic E-state index is 12.8. The number of fused-ring (bicyclic) bond motifs is 1. The zero-order valence-corrected chi connectivity index (χ0v) is 10.1. The third-order valence-electron chi connectivity index (χ3n) is 3.65. The van der Waals surface area contributed by atoms with Crippen molar-refractivity contribution in [3.05, 3.63) is 0 Å². The molecule has 0 aromatic rings. The second-order valence-corrected chi connectivity index (χ2v) is 5.07. The molecule has 0 aromatic heterocycles. The Hall–Kier alpha value is -1.16. The number of amidine groups is 1. The number of nitrogens with zero attached hydrogens (tertiary/aromatic N) is 1. The molecule has 0 aromatic carbocycles. The Morgan fingerprint density at radius 3 is 1.86 bits per heavy atom. The molecule has 2 rings (SSSR count). The normalized spacial score (nSPS) is 34.2. The van der Waals surface area contributed by atoms with Crippen LogP contribution in [0.25, 0.3) is 0 Å². The van der Waals surface area contributed by atoms with Gasteiger partial charge >= 0.3 is 18.5 Å². The van der Waals surface area contributed by atoms with Gasteiger partial charge in [0.05, 0.1) is 23.9 Å². The van der Waals surface area contributed by atoms with E-state index in [9.17, 15) is 39.5 Å². The highest BCUT2D eigenvalue weighted by Crippen LogP contribution is 2.48. The summed E-state index contributed by atoms with van der Waals surface area (Å²) in [6.45, 7) is 0. The number of halogens is 9. The molecule has 1 saturated carbocycles. The summed E-state index contributed by atoms with van der Waals surface area (Å²) >= 11 is 0. The molecular formula is C10H9F9N2. The molecule has 4 atom stereocenters. The van der Waals surface area contributed by atoms with Crippen LogP contribution >= 0.6 is 0 Å². The van der Waals surface area contributed by atoms with Crippen molar-refractivity contribution in [2.24, 2.45) is 16.8 Å². The molecule has 0 bridgehead atoms. The van der Waals surface area contributed by atoms with E-state index in [1.165, 1.54) is 0 Å². The molecule has 0 radical (unpaired) electrons. The van der Waals surface area contributed by atoms with E-state index >= 15 is 0 Å². The SMILES string of the molecule is FC(F)(F)C1=NC2C(CC(C(F)(F)F)CC2C(F)(F)F)N1. The molecule has 1 heterocycles. The van der Waals surface area contributed by atoms with Crippen LogP contribution in [0.3, 0.4) is 0 Å². The van der Waals surface area contributed by atoms with Gasteiger partial charge in [-0.3, -0.25) is 4.99 Å². The Bertz CT molecular complexity index is 433. The lowest BCUT2D eigenvalue weighted by Gasteiger charge is -2.38. The van der Waals surface area contributed by atoms with Crippen molar-refractivity contribution in [3.63, 3.8) is 0 Å². The first-order valence-corrected chi connectivity index (χ1v) is 5.85. The zero-order valence-electron chi connectivity index (χ0n) is 10.1. The monoisotopic (exact) mass is 328 g/mol. The minimum atomic E-state index is -5.04. The highest BCUT2D eigenvalue weighted by molar-refractivity contribution is 5.89. The molecule has 1 N–H and O–H groups in total. The minimum absolute atomic E-state index is 0.857. The van der Waals surface area contributed by atoms with Crippen molar-refractivity contribution < 1.29 is 39.5 Å². The van der Waals surface area contributed by atoms with E-state index in [0.29, 0.717) is 0 Å². The summed E-state index contributed by atoms with van der Waals surface area (Å²) < 4.78 is 114. The van der Waals surface area contributed by atoms with Gasteiger partial charge in [-0.15, -0.1) is 0 Å². The molecular weight excluding hydrogens is 319 g/mol. The van der Waals surface area contributed by atoms with Crippen molar-refractivity contribution in [2.45, 2.75) is 43.5 Å². The molecule has 122 valence electrons. The highest BCUT2D eigenvalue weighted by Gasteiger charge is 2.59. The lowest BCUT2D eigenvalue weighted by Crippen LogP contribution is -2.52. The van der Waals surface area contributed by atoms with Gasteiger partial charge in [-0.25, -0.2) is 0 Å². The largest absolute Gasteiger partial charge is 0.448 e. The first-order chi connectivity index (χ1) is 9.30. The van der Waals surface area contributed by atoms with Crippen molar-refractivity contribution >= 4 is 5.84 Å². The maximum absolute atomic E-state index is 12.8. The van der Waals surface area contributed by atoms with Gasteiger partial charge < -0.3 is 5.32 Å². The summed E-state index contributed by atoms with van der Waals surface area (Å²) in [5.41, 5.74) is 0. The first kappa shape index (κ1) is 16.2. The van der Waals surface area contributed by atoms with E-state index in [1.807, 2.05) is 0 Å².